The second kappa shape index (κ2) is 3.74. The summed E-state index contributed by atoms with van der Waals surface area (Å²) in [7, 11) is 0. The van der Waals surface area contributed by atoms with Gasteiger partial charge in [0, 0.05) is 5.56 Å². The van der Waals surface area contributed by atoms with E-state index in [0.717, 1.165) is 24.8 Å². The Morgan fingerprint density at radius 2 is 1.93 bits per heavy atom. The molecule has 1 aliphatic carbocycles. The van der Waals surface area contributed by atoms with Crippen LogP contribution in [-0.4, -0.2) is 5.78 Å². The maximum atomic E-state index is 12.6. The zero-order valence-corrected chi connectivity index (χ0v) is 7.79. The van der Waals surface area contributed by atoms with Crippen LogP contribution in [0, 0.1) is 5.82 Å². The zero-order valence-electron chi connectivity index (χ0n) is 7.79. The molecule has 1 aromatic carbocycles. The van der Waals surface area contributed by atoms with Gasteiger partial charge in [-0.25, -0.2) is 4.39 Å². The van der Waals surface area contributed by atoms with E-state index in [4.69, 9.17) is 0 Å². The van der Waals surface area contributed by atoms with Crippen molar-refractivity contribution in [2.75, 3.05) is 0 Å². The maximum absolute atomic E-state index is 12.6. The maximum Gasteiger partial charge on any atom is 0.188 e. The lowest BCUT2D eigenvalue weighted by Gasteiger charge is -2.00. The second-order valence-electron chi connectivity index (χ2n) is 3.46. The van der Waals surface area contributed by atoms with E-state index in [0.29, 0.717) is 5.56 Å². The van der Waals surface area contributed by atoms with Crippen LogP contribution >= 0.6 is 0 Å². The number of Topliss-reactive ketones (excluding diaryl/α,β-unsaturated/α-hetero) is 1. The van der Waals surface area contributed by atoms with E-state index in [1.165, 1.54) is 24.3 Å². The summed E-state index contributed by atoms with van der Waals surface area (Å²) >= 11 is 0. The van der Waals surface area contributed by atoms with Crippen LogP contribution in [0.2, 0.25) is 0 Å². The summed E-state index contributed by atoms with van der Waals surface area (Å²) in [5.74, 6) is -0.260. The average Bonchev–Trinajstić information content (AvgIpc) is 2.71. The number of benzene rings is 1. The van der Waals surface area contributed by atoms with Crippen LogP contribution in [0.5, 0.6) is 0 Å². The van der Waals surface area contributed by atoms with Gasteiger partial charge in [-0.3, -0.25) is 4.79 Å². The Labute approximate surface area is 82.3 Å². The Morgan fingerprint density at radius 3 is 2.50 bits per heavy atom. The zero-order chi connectivity index (χ0) is 9.97. The molecular formula is C12H11FO. The number of hydrogen-bond donors (Lipinski definition) is 0. The van der Waals surface area contributed by atoms with Crippen molar-refractivity contribution < 1.29 is 9.18 Å². The number of rotatable bonds is 2. The van der Waals surface area contributed by atoms with Crippen LogP contribution in [0.4, 0.5) is 4.39 Å². The van der Waals surface area contributed by atoms with E-state index in [1.807, 2.05) is 6.08 Å². The Bertz CT molecular complexity index is 376. The highest BCUT2D eigenvalue weighted by Crippen LogP contribution is 2.21. The minimum absolute atomic E-state index is 0.0440. The van der Waals surface area contributed by atoms with Crippen LogP contribution in [0.1, 0.15) is 29.6 Å². The summed E-state index contributed by atoms with van der Waals surface area (Å²) in [6, 6.07) is 5.72. The van der Waals surface area contributed by atoms with Gasteiger partial charge in [-0.05, 0) is 49.1 Å². The molecule has 1 aliphatic rings. The summed E-state index contributed by atoms with van der Waals surface area (Å²) < 4.78 is 12.6. The SMILES string of the molecule is O=C(C1=CCCC1)c1ccc(F)cc1. The molecule has 0 bridgehead atoms. The molecular weight excluding hydrogens is 179 g/mol. The number of halogens is 1. The van der Waals surface area contributed by atoms with Crippen LogP contribution in [0.25, 0.3) is 0 Å². The third-order valence-electron chi connectivity index (χ3n) is 2.44. The van der Waals surface area contributed by atoms with Crippen molar-refractivity contribution in [2.24, 2.45) is 0 Å². The smallest absolute Gasteiger partial charge is 0.188 e. The fraction of sp³-hybridized carbons (Fsp3) is 0.250. The van der Waals surface area contributed by atoms with E-state index in [1.54, 1.807) is 0 Å². The van der Waals surface area contributed by atoms with Gasteiger partial charge in [0.2, 0.25) is 0 Å². The Balaban J connectivity index is 2.22. The minimum atomic E-state index is -0.304. The van der Waals surface area contributed by atoms with E-state index in [2.05, 4.69) is 0 Å². The largest absolute Gasteiger partial charge is 0.289 e. The fourth-order valence-corrected chi connectivity index (χ4v) is 1.66. The number of carbonyl (C=O) groups is 1. The molecule has 1 aromatic rings. The van der Waals surface area contributed by atoms with Crippen molar-refractivity contribution in [1.82, 2.24) is 0 Å². The number of ketones is 1. The van der Waals surface area contributed by atoms with Crippen LogP contribution in [0.3, 0.4) is 0 Å². The van der Waals surface area contributed by atoms with E-state index in [-0.39, 0.29) is 11.6 Å². The highest BCUT2D eigenvalue weighted by atomic mass is 19.1. The van der Waals surface area contributed by atoms with Crippen molar-refractivity contribution in [3.63, 3.8) is 0 Å². The molecule has 0 radical (unpaired) electrons. The van der Waals surface area contributed by atoms with Crippen molar-refractivity contribution >= 4 is 5.78 Å². The van der Waals surface area contributed by atoms with Crippen LogP contribution < -0.4 is 0 Å². The summed E-state index contributed by atoms with van der Waals surface area (Å²) in [5, 5.41) is 0. The minimum Gasteiger partial charge on any atom is -0.289 e. The van der Waals surface area contributed by atoms with Gasteiger partial charge >= 0.3 is 0 Å². The summed E-state index contributed by atoms with van der Waals surface area (Å²) in [6.07, 6.45) is 4.88. The standard InChI is InChI=1S/C12H11FO/c13-11-7-5-10(6-8-11)12(14)9-3-1-2-4-9/h3,5-8H,1-2,4H2. The normalized spacial score (nSPS) is 15.4. The Hall–Kier alpha value is -1.44. The van der Waals surface area contributed by atoms with Gasteiger partial charge in [-0.2, -0.15) is 0 Å². The van der Waals surface area contributed by atoms with Gasteiger partial charge in [0.05, 0.1) is 0 Å². The number of carbonyl (C=O) groups excluding carboxylic acids is 1. The Morgan fingerprint density at radius 1 is 1.21 bits per heavy atom. The number of hydrogen-bond acceptors (Lipinski definition) is 1. The number of allylic oxidation sites excluding steroid dienone is 2. The molecule has 0 atom stereocenters. The monoisotopic (exact) mass is 190 g/mol. The fourth-order valence-electron chi connectivity index (χ4n) is 1.66. The molecule has 2 heteroatoms. The predicted molar refractivity (Wildman–Crippen MR) is 52.7 cm³/mol. The first-order valence-electron chi connectivity index (χ1n) is 4.76. The molecule has 14 heavy (non-hydrogen) atoms. The molecule has 0 unspecified atom stereocenters. The lowest BCUT2D eigenvalue weighted by atomic mass is 10.0. The molecule has 1 nitrogen and oxygen atoms in total. The molecule has 2 rings (SSSR count). The van der Waals surface area contributed by atoms with Gasteiger partial charge in [-0.15, -0.1) is 0 Å². The molecule has 72 valence electrons. The first-order chi connectivity index (χ1) is 6.77. The van der Waals surface area contributed by atoms with Crippen LogP contribution in [-0.2, 0) is 0 Å². The van der Waals surface area contributed by atoms with Crippen molar-refractivity contribution in [1.29, 1.82) is 0 Å². The average molecular weight is 190 g/mol. The van der Waals surface area contributed by atoms with E-state index >= 15 is 0 Å². The van der Waals surface area contributed by atoms with Gasteiger partial charge in [-0.1, -0.05) is 6.08 Å². The van der Waals surface area contributed by atoms with Gasteiger partial charge in [0.15, 0.2) is 5.78 Å². The second-order valence-corrected chi connectivity index (χ2v) is 3.46. The van der Waals surface area contributed by atoms with Crippen molar-refractivity contribution in [3.05, 3.63) is 47.3 Å². The molecule has 0 saturated heterocycles. The summed E-state index contributed by atoms with van der Waals surface area (Å²) in [4.78, 5) is 11.8. The molecule has 0 N–H and O–H groups in total. The van der Waals surface area contributed by atoms with Crippen molar-refractivity contribution in [2.45, 2.75) is 19.3 Å². The molecule has 0 spiro atoms. The molecule has 0 fully saturated rings. The quantitative estimate of drug-likeness (QED) is 0.655. The van der Waals surface area contributed by atoms with Crippen LogP contribution in [0.15, 0.2) is 35.9 Å². The van der Waals surface area contributed by atoms with Gasteiger partial charge in [0.25, 0.3) is 0 Å². The molecule has 0 amide bonds. The topological polar surface area (TPSA) is 17.1 Å². The van der Waals surface area contributed by atoms with Gasteiger partial charge in [0.1, 0.15) is 5.82 Å². The third kappa shape index (κ3) is 1.74. The predicted octanol–water partition coefficient (Wildman–Crippen LogP) is 3.12. The first-order valence-corrected chi connectivity index (χ1v) is 4.76. The Kier molecular flexibility index (Phi) is 2.44. The van der Waals surface area contributed by atoms with E-state index in [9.17, 15) is 9.18 Å². The highest BCUT2D eigenvalue weighted by molar-refractivity contribution is 6.08. The lowest BCUT2D eigenvalue weighted by molar-refractivity contribution is 0.103. The first kappa shape index (κ1) is 9.13. The molecule has 0 heterocycles. The lowest BCUT2D eigenvalue weighted by Crippen LogP contribution is -2.01. The molecule has 0 aliphatic heterocycles. The molecule has 0 aromatic heterocycles. The van der Waals surface area contributed by atoms with Crippen molar-refractivity contribution in [3.8, 4) is 0 Å². The third-order valence-corrected chi connectivity index (χ3v) is 2.44. The summed E-state index contributed by atoms with van der Waals surface area (Å²) in [6.45, 7) is 0. The summed E-state index contributed by atoms with van der Waals surface area (Å²) in [5.41, 5.74) is 1.45. The van der Waals surface area contributed by atoms with E-state index < -0.39 is 0 Å². The highest BCUT2D eigenvalue weighted by Gasteiger charge is 2.14. The molecule has 0 saturated carbocycles. The van der Waals surface area contributed by atoms with Gasteiger partial charge < -0.3 is 0 Å².